The second-order valence-electron chi connectivity index (χ2n) is 7.29. The quantitative estimate of drug-likeness (QED) is 0.688. The Morgan fingerprint density at radius 2 is 1.64 bits per heavy atom. The molecule has 1 unspecified atom stereocenters. The van der Waals surface area contributed by atoms with Crippen LogP contribution in [0.3, 0.4) is 0 Å². The van der Waals surface area contributed by atoms with Gasteiger partial charge in [-0.1, -0.05) is 6.92 Å². The molecule has 4 rings (SSSR count). The van der Waals surface area contributed by atoms with Crippen LogP contribution in [0.4, 0.5) is 5.69 Å². The number of sulfonamides is 2. The molecule has 0 bridgehead atoms. The molecule has 3 fully saturated rings. The van der Waals surface area contributed by atoms with Crippen LogP contribution in [0.5, 0.6) is 0 Å². The number of carbonyl (C=O) groups is 1. The van der Waals surface area contributed by atoms with Crippen LogP contribution in [-0.4, -0.2) is 64.9 Å². The SMILES string of the molecule is CC1CS(=O)(=O)N(c2ccc(S(=O)(=O)N3CCC4(CC3)OCCO4)cc2)C1=O. The second-order valence-corrected chi connectivity index (χ2v) is 11.1. The molecular weight excluding hydrogens is 408 g/mol. The minimum atomic E-state index is -3.73. The molecule has 3 aliphatic heterocycles. The topological polar surface area (TPSA) is 110 Å². The lowest BCUT2D eigenvalue weighted by Gasteiger charge is -2.36. The molecule has 154 valence electrons. The van der Waals surface area contributed by atoms with Crippen molar-refractivity contribution < 1.29 is 31.1 Å². The molecule has 1 aromatic rings. The fourth-order valence-electron chi connectivity index (χ4n) is 3.84. The third kappa shape index (κ3) is 3.24. The Morgan fingerprint density at radius 1 is 1.07 bits per heavy atom. The van der Waals surface area contributed by atoms with E-state index >= 15 is 0 Å². The Labute approximate surface area is 164 Å². The first-order valence-electron chi connectivity index (χ1n) is 9.10. The van der Waals surface area contributed by atoms with Crippen molar-refractivity contribution in [1.82, 2.24) is 4.31 Å². The molecule has 11 heteroatoms. The average Bonchev–Trinajstić information content (AvgIpc) is 3.17. The molecular formula is C17H22N2O7S2. The molecule has 0 N–H and O–H groups in total. The van der Waals surface area contributed by atoms with E-state index in [1.54, 1.807) is 6.92 Å². The van der Waals surface area contributed by atoms with Crippen LogP contribution in [-0.2, 0) is 34.3 Å². The number of hydrogen-bond donors (Lipinski definition) is 0. The van der Waals surface area contributed by atoms with Gasteiger partial charge in [0.1, 0.15) is 0 Å². The van der Waals surface area contributed by atoms with Crippen molar-refractivity contribution in [3.63, 3.8) is 0 Å². The summed E-state index contributed by atoms with van der Waals surface area (Å²) in [5, 5.41) is 0. The molecule has 1 atom stereocenters. The van der Waals surface area contributed by atoms with Crippen LogP contribution in [0.2, 0.25) is 0 Å². The number of carbonyl (C=O) groups excluding carboxylic acids is 1. The summed E-state index contributed by atoms with van der Waals surface area (Å²) in [6, 6.07) is 5.39. The van der Waals surface area contributed by atoms with E-state index in [1.807, 2.05) is 0 Å². The zero-order chi connectivity index (χ0) is 20.2. The summed E-state index contributed by atoms with van der Waals surface area (Å²) < 4.78 is 63.6. The van der Waals surface area contributed by atoms with Gasteiger partial charge in [0, 0.05) is 25.9 Å². The van der Waals surface area contributed by atoms with Crippen molar-refractivity contribution in [2.75, 3.05) is 36.4 Å². The average molecular weight is 431 g/mol. The van der Waals surface area contributed by atoms with Gasteiger partial charge in [0.25, 0.3) is 0 Å². The molecule has 3 heterocycles. The Morgan fingerprint density at radius 3 is 2.14 bits per heavy atom. The van der Waals surface area contributed by atoms with Gasteiger partial charge in [0.2, 0.25) is 26.0 Å². The molecule has 1 spiro atoms. The van der Waals surface area contributed by atoms with Gasteiger partial charge in [-0.3, -0.25) is 4.79 Å². The molecule has 9 nitrogen and oxygen atoms in total. The highest BCUT2D eigenvalue weighted by molar-refractivity contribution is 7.94. The maximum Gasteiger partial charge on any atom is 0.244 e. The second kappa shape index (κ2) is 6.77. The third-order valence-electron chi connectivity index (χ3n) is 5.37. The molecule has 0 saturated carbocycles. The number of benzene rings is 1. The highest BCUT2D eigenvalue weighted by Crippen LogP contribution is 2.34. The van der Waals surface area contributed by atoms with Gasteiger partial charge in [-0.25, -0.2) is 21.1 Å². The van der Waals surface area contributed by atoms with Crippen molar-refractivity contribution in [3.05, 3.63) is 24.3 Å². The van der Waals surface area contributed by atoms with Gasteiger partial charge in [0.05, 0.1) is 35.5 Å². The van der Waals surface area contributed by atoms with E-state index in [2.05, 4.69) is 0 Å². The largest absolute Gasteiger partial charge is 0.347 e. The van der Waals surface area contributed by atoms with Gasteiger partial charge >= 0.3 is 0 Å². The predicted molar refractivity (Wildman–Crippen MR) is 99.5 cm³/mol. The first kappa shape index (κ1) is 19.8. The number of ether oxygens (including phenoxy) is 2. The third-order valence-corrected chi connectivity index (χ3v) is 9.15. The van der Waals surface area contributed by atoms with Gasteiger partial charge in [0.15, 0.2) is 5.79 Å². The normalized spacial score (nSPS) is 27.5. The molecule has 1 aromatic carbocycles. The van der Waals surface area contributed by atoms with Crippen LogP contribution < -0.4 is 4.31 Å². The van der Waals surface area contributed by atoms with Crippen LogP contribution in [0.1, 0.15) is 19.8 Å². The molecule has 0 radical (unpaired) electrons. The van der Waals surface area contributed by atoms with E-state index in [0.29, 0.717) is 26.1 Å². The van der Waals surface area contributed by atoms with Gasteiger partial charge in [-0.15, -0.1) is 0 Å². The van der Waals surface area contributed by atoms with E-state index in [9.17, 15) is 21.6 Å². The first-order chi connectivity index (χ1) is 13.1. The maximum absolute atomic E-state index is 12.9. The molecule has 3 saturated heterocycles. The number of rotatable bonds is 3. The van der Waals surface area contributed by atoms with Crippen LogP contribution in [0.25, 0.3) is 0 Å². The lowest BCUT2D eigenvalue weighted by molar-refractivity contribution is -0.179. The van der Waals surface area contributed by atoms with Crippen LogP contribution in [0, 0.1) is 5.92 Å². The van der Waals surface area contributed by atoms with Gasteiger partial charge in [-0.2, -0.15) is 4.31 Å². The number of anilines is 1. The molecule has 1 amide bonds. The summed E-state index contributed by atoms with van der Waals surface area (Å²) >= 11 is 0. The summed E-state index contributed by atoms with van der Waals surface area (Å²) in [6.07, 6.45) is 0.922. The lowest BCUT2D eigenvalue weighted by atomic mass is 10.1. The zero-order valence-corrected chi connectivity index (χ0v) is 17.0. The predicted octanol–water partition coefficient (Wildman–Crippen LogP) is 0.527. The van der Waals surface area contributed by atoms with Crippen molar-refractivity contribution in [2.45, 2.75) is 30.4 Å². The van der Waals surface area contributed by atoms with Gasteiger partial charge < -0.3 is 9.47 Å². The highest BCUT2D eigenvalue weighted by atomic mass is 32.2. The monoisotopic (exact) mass is 430 g/mol. The minimum absolute atomic E-state index is 0.0533. The van der Waals surface area contributed by atoms with E-state index < -0.39 is 37.7 Å². The summed E-state index contributed by atoms with van der Waals surface area (Å²) in [5.41, 5.74) is 0.152. The van der Waals surface area contributed by atoms with E-state index in [-0.39, 0.29) is 29.4 Å². The molecule has 0 aromatic heterocycles. The number of nitrogens with zero attached hydrogens (tertiary/aromatic N) is 2. The fourth-order valence-corrected chi connectivity index (χ4v) is 7.10. The lowest BCUT2D eigenvalue weighted by Crippen LogP contribution is -2.47. The highest BCUT2D eigenvalue weighted by Gasteiger charge is 2.44. The Hall–Kier alpha value is -1.53. The number of amides is 1. The summed E-state index contributed by atoms with van der Waals surface area (Å²) in [7, 11) is -7.46. The number of hydrogen-bond acceptors (Lipinski definition) is 7. The van der Waals surface area contributed by atoms with E-state index in [0.717, 1.165) is 4.31 Å². The molecule has 3 aliphatic rings. The zero-order valence-electron chi connectivity index (χ0n) is 15.4. The standard InChI is InChI=1S/C17H22N2O7S2/c1-13-12-27(21,22)19(16(13)20)14-2-4-15(5-3-14)28(23,24)18-8-6-17(7-9-18)25-10-11-26-17/h2-5,13H,6-12H2,1H3. The smallest absolute Gasteiger partial charge is 0.244 e. The maximum atomic E-state index is 12.9. The Kier molecular flexibility index (Phi) is 4.78. The fraction of sp³-hybridized carbons (Fsp3) is 0.588. The van der Waals surface area contributed by atoms with Crippen LogP contribution in [0.15, 0.2) is 29.2 Å². The van der Waals surface area contributed by atoms with E-state index in [4.69, 9.17) is 9.47 Å². The van der Waals surface area contributed by atoms with Crippen molar-refractivity contribution >= 4 is 31.6 Å². The van der Waals surface area contributed by atoms with Crippen LogP contribution >= 0.6 is 0 Å². The number of piperidine rings is 1. The minimum Gasteiger partial charge on any atom is -0.347 e. The Bertz CT molecular complexity index is 973. The summed E-state index contributed by atoms with van der Waals surface area (Å²) in [4.78, 5) is 12.2. The van der Waals surface area contributed by atoms with Gasteiger partial charge in [-0.05, 0) is 24.3 Å². The summed E-state index contributed by atoms with van der Waals surface area (Å²) in [6.45, 7) is 3.15. The Balaban J connectivity index is 1.53. The molecule has 28 heavy (non-hydrogen) atoms. The van der Waals surface area contributed by atoms with Crippen molar-refractivity contribution in [1.29, 1.82) is 0 Å². The van der Waals surface area contributed by atoms with E-state index in [1.165, 1.54) is 28.6 Å². The van der Waals surface area contributed by atoms with Crippen molar-refractivity contribution in [2.24, 2.45) is 5.92 Å². The molecule has 0 aliphatic carbocycles. The first-order valence-corrected chi connectivity index (χ1v) is 12.1. The summed E-state index contributed by atoms with van der Waals surface area (Å²) in [5.74, 6) is -2.04. The van der Waals surface area contributed by atoms with Crippen molar-refractivity contribution in [3.8, 4) is 0 Å².